The van der Waals surface area contributed by atoms with E-state index in [0.29, 0.717) is 10.6 Å². The molecule has 5 N–H and O–H groups in total. The van der Waals surface area contributed by atoms with E-state index in [1.165, 1.54) is 0 Å². The second kappa shape index (κ2) is 13.0. The first-order valence-electron chi connectivity index (χ1n) is 10.7. The van der Waals surface area contributed by atoms with Crippen molar-refractivity contribution in [3.63, 3.8) is 0 Å². The number of alkyl carbamates (subject to hydrolysis) is 1. The molecule has 0 radical (unpaired) electrons. The Bertz CT molecular complexity index is 894. The second-order valence-corrected chi connectivity index (χ2v) is 9.57. The Balaban J connectivity index is 2.80. The predicted molar refractivity (Wildman–Crippen MR) is 132 cm³/mol. The van der Waals surface area contributed by atoms with Gasteiger partial charge in [-0.15, -0.1) is 0 Å². The van der Waals surface area contributed by atoms with Crippen molar-refractivity contribution in [1.29, 1.82) is 0 Å². The molecule has 0 aliphatic rings. The fraction of sp³-hybridized carbons (Fsp3) is 0.458. The Morgan fingerprint density at radius 3 is 2.29 bits per heavy atom. The van der Waals surface area contributed by atoms with Crippen molar-refractivity contribution < 1.29 is 23.9 Å². The molecular weight excluding hydrogens is 460 g/mol. The fourth-order valence-electron chi connectivity index (χ4n) is 2.64. The van der Waals surface area contributed by atoms with E-state index in [2.05, 4.69) is 22.5 Å². The molecule has 1 aromatic carbocycles. The molecule has 3 amide bonds. The summed E-state index contributed by atoms with van der Waals surface area (Å²) < 4.78 is 10.6. The Labute approximate surface area is 206 Å². The number of urea groups is 1. The third kappa shape index (κ3) is 11.7. The molecule has 0 fully saturated rings. The van der Waals surface area contributed by atoms with E-state index in [0.717, 1.165) is 5.56 Å². The number of nitrogens with two attached hydrogens (primary N) is 1. The Morgan fingerprint density at radius 2 is 1.74 bits per heavy atom. The third-order valence-electron chi connectivity index (χ3n) is 4.31. The number of hydrogen-bond donors (Lipinski definition) is 4. The van der Waals surface area contributed by atoms with E-state index >= 15 is 0 Å². The fourth-order valence-corrected chi connectivity index (χ4v) is 2.85. The zero-order valence-corrected chi connectivity index (χ0v) is 21.1. The van der Waals surface area contributed by atoms with Crippen LogP contribution in [-0.2, 0) is 20.9 Å². The summed E-state index contributed by atoms with van der Waals surface area (Å²) in [6, 6.07) is 7.50. The molecule has 0 unspecified atom stereocenters. The van der Waals surface area contributed by atoms with Gasteiger partial charge in [0.25, 0.3) is 0 Å². The van der Waals surface area contributed by atoms with E-state index in [9.17, 15) is 14.4 Å². The van der Waals surface area contributed by atoms with Crippen LogP contribution in [0.15, 0.2) is 53.6 Å². The molecule has 1 atom stereocenters. The van der Waals surface area contributed by atoms with Crippen molar-refractivity contribution >= 4 is 29.7 Å². The first-order chi connectivity index (χ1) is 15.7. The third-order valence-corrected chi connectivity index (χ3v) is 4.89. The monoisotopic (exact) mass is 494 g/mol. The lowest BCUT2D eigenvalue weighted by molar-refractivity contribution is -0.147. The number of primary amides is 1. The molecule has 0 bridgehead atoms. The maximum Gasteiger partial charge on any atom is 0.407 e. The van der Waals surface area contributed by atoms with Crippen LogP contribution in [0.5, 0.6) is 0 Å². The van der Waals surface area contributed by atoms with Crippen LogP contribution >= 0.6 is 11.6 Å². The molecule has 1 aromatic rings. The molecule has 188 valence electrons. The number of nitrogens with one attached hydrogen (secondary N) is 3. The number of hydrogen-bond acceptors (Lipinski definition) is 6. The van der Waals surface area contributed by atoms with Gasteiger partial charge < -0.3 is 25.8 Å². The summed E-state index contributed by atoms with van der Waals surface area (Å²) in [5, 5.41) is 8.42. The van der Waals surface area contributed by atoms with Crippen molar-refractivity contribution in [3.05, 3.63) is 59.2 Å². The average Bonchev–Trinajstić information content (AvgIpc) is 2.72. The smallest absolute Gasteiger partial charge is 0.407 e. The van der Waals surface area contributed by atoms with E-state index < -0.39 is 35.3 Å². The molecule has 0 spiro atoms. The highest BCUT2D eigenvalue weighted by Gasteiger charge is 2.30. The number of rotatable bonds is 11. The first kappa shape index (κ1) is 29.0. The summed E-state index contributed by atoms with van der Waals surface area (Å²) >= 11 is 6.50. The van der Waals surface area contributed by atoms with Crippen molar-refractivity contribution in [3.8, 4) is 0 Å². The summed E-state index contributed by atoms with van der Waals surface area (Å²) in [7, 11) is 0. The van der Waals surface area contributed by atoms with Gasteiger partial charge >= 0.3 is 18.1 Å². The highest BCUT2D eigenvalue weighted by molar-refractivity contribution is 6.31. The van der Waals surface area contributed by atoms with Crippen LogP contribution in [0.4, 0.5) is 9.59 Å². The van der Waals surface area contributed by atoms with Gasteiger partial charge in [0.15, 0.2) is 0 Å². The summed E-state index contributed by atoms with van der Waals surface area (Å²) in [5.74, 6) is -0.583. The molecule has 0 heterocycles. The van der Waals surface area contributed by atoms with Crippen molar-refractivity contribution in [2.75, 3.05) is 13.1 Å². The van der Waals surface area contributed by atoms with Gasteiger partial charge in [-0.25, -0.2) is 9.59 Å². The number of esters is 1. The molecule has 0 aliphatic carbocycles. The minimum Gasteiger partial charge on any atom is -0.460 e. The first-order valence-corrected chi connectivity index (χ1v) is 11.1. The van der Waals surface area contributed by atoms with Crippen LogP contribution in [-0.4, -0.2) is 48.4 Å². The molecule has 34 heavy (non-hydrogen) atoms. The Kier molecular flexibility index (Phi) is 11.1. The number of ether oxygens (including phenoxy) is 2. The molecule has 0 aliphatic heterocycles. The van der Waals surface area contributed by atoms with Gasteiger partial charge in [0, 0.05) is 23.7 Å². The molecule has 0 aromatic heterocycles. The van der Waals surface area contributed by atoms with E-state index in [1.54, 1.807) is 40.7 Å². The highest BCUT2D eigenvalue weighted by Crippen LogP contribution is 2.22. The summed E-state index contributed by atoms with van der Waals surface area (Å²) in [6.07, 6.45) is 1.01. The molecular formula is C24H35ClN4O5. The van der Waals surface area contributed by atoms with Crippen LogP contribution in [0.3, 0.4) is 0 Å². The van der Waals surface area contributed by atoms with Crippen LogP contribution in [0, 0.1) is 0 Å². The SMILES string of the molecule is C=C(/C=C(/Cl)C(C)(C)N[C@@H](CNC(N)=O)C(=O)OCc1ccccc1)CNC(=O)OC(C)(C)C. The average molecular weight is 495 g/mol. The molecule has 0 saturated carbocycles. The van der Waals surface area contributed by atoms with Crippen LogP contribution in [0.25, 0.3) is 0 Å². The topological polar surface area (TPSA) is 132 Å². The summed E-state index contributed by atoms with van der Waals surface area (Å²) in [6.45, 7) is 12.8. The number of carbonyl (C=O) groups is 3. The van der Waals surface area contributed by atoms with Gasteiger partial charge in [0.05, 0.1) is 0 Å². The van der Waals surface area contributed by atoms with E-state index in [1.807, 2.05) is 30.3 Å². The lowest BCUT2D eigenvalue weighted by Crippen LogP contribution is -2.55. The Morgan fingerprint density at radius 1 is 1.12 bits per heavy atom. The zero-order valence-electron chi connectivity index (χ0n) is 20.4. The van der Waals surface area contributed by atoms with Gasteiger partial charge in [-0.1, -0.05) is 48.5 Å². The normalized spacial score (nSPS) is 12.9. The lowest BCUT2D eigenvalue weighted by atomic mass is 10.0. The van der Waals surface area contributed by atoms with Gasteiger partial charge in [0.1, 0.15) is 18.2 Å². The van der Waals surface area contributed by atoms with E-state index in [4.69, 9.17) is 26.8 Å². The molecule has 0 saturated heterocycles. The lowest BCUT2D eigenvalue weighted by Gasteiger charge is -2.31. The molecule has 1 rings (SSSR count). The quantitative estimate of drug-likeness (QED) is 0.275. The van der Waals surface area contributed by atoms with Gasteiger partial charge in [-0.3, -0.25) is 10.1 Å². The minimum absolute atomic E-state index is 0.0750. The largest absolute Gasteiger partial charge is 0.460 e. The maximum atomic E-state index is 12.7. The highest BCUT2D eigenvalue weighted by atomic mass is 35.5. The second-order valence-electron chi connectivity index (χ2n) is 9.17. The van der Waals surface area contributed by atoms with Crippen LogP contribution in [0.2, 0.25) is 0 Å². The number of amides is 3. The van der Waals surface area contributed by atoms with Crippen LogP contribution < -0.4 is 21.7 Å². The van der Waals surface area contributed by atoms with Crippen molar-refractivity contribution in [2.45, 2.75) is 58.4 Å². The zero-order chi connectivity index (χ0) is 25.9. The predicted octanol–water partition coefficient (Wildman–Crippen LogP) is 3.34. The number of carbonyl (C=O) groups excluding carboxylic acids is 3. The number of halogens is 1. The Hall–Kier alpha value is -3.04. The van der Waals surface area contributed by atoms with E-state index in [-0.39, 0.29) is 19.7 Å². The number of benzene rings is 1. The van der Waals surface area contributed by atoms with Gasteiger partial charge in [-0.2, -0.15) is 0 Å². The standard InChI is InChI=1S/C24H35ClN4O5/c1-16(13-28-22(32)34-23(2,3)4)12-19(25)24(5,6)29-18(14-27-21(26)31)20(30)33-15-17-10-8-7-9-11-17/h7-12,18,29H,1,13-15H2,2-6H3,(H,28,32)(H3,26,27,31)/b19-12+/t18-/m0/s1. The molecule has 9 nitrogen and oxygen atoms in total. The summed E-state index contributed by atoms with van der Waals surface area (Å²) in [4.78, 5) is 35.7. The van der Waals surface area contributed by atoms with Crippen molar-refractivity contribution in [2.24, 2.45) is 5.73 Å². The summed E-state index contributed by atoms with van der Waals surface area (Å²) in [5.41, 5.74) is 4.98. The van der Waals surface area contributed by atoms with Crippen LogP contribution in [0.1, 0.15) is 40.2 Å². The van der Waals surface area contributed by atoms with Crippen molar-refractivity contribution in [1.82, 2.24) is 16.0 Å². The molecule has 10 heteroatoms. The van der Waals surface area contributed by atoms with Gasteiger partial charge in [0.2, 0.25) is 0 Å². The maximum absolute atomic E-state index is 12.7. The van der Waals surface area contributed by atoms with Gasteiger partial charge in [-0.05, 0) is 51.8 Å². The minimum atomic E-state index is -0.929.